The first-order valence-electron chi connectivity index (χ1n) is 3.66. The number of halogens is 2. The van der Waals surface area contributed by atoms with Gasteiger partial charge in [0.25, 0.3) is 0 Å². The summed E-state index contributed by atoms with van der Waals surface area (Å²) in [5, 5.41) is 16.5. The maximum atomic E-state index is 8.70. The molecule has 0 aliphatic heterocycles. The summed E-state index contributed by atoms with van der Waals surface area (Å²) in [7, 11) is 1.79. The lowest BCUT2D eigenvalue weighted by Gasteiger charge is -2.17. The van der Waals surface area contributed by atoms with E-state index in [1.54, 1.807) is 18.0 Å². The summed E-state index contributed by atoms with van der Waals surface area (Å²) < 4.78 is 0. The third-order valence-electron chi connectivity index (χ3n) is 1.55. The number of hydrogen-bond acceptors (Lipinski definition) is 4. The number of anilines is 1. The van der Waals surface area contributed by atoms with Crippen LogP contribution in [0.5, 0.6) is 0 Å². The molecule has 0 aliphatic carbocycles. The van der Waals surface area contributed by atoms with Crippen LogP contribution >= 0.6 is 23.2 Å². The zero-order valence-corrected chi connectivity index (χ0v) is 8.55. The number of aromatic nitrogens is 2. The van der Waals surface area contributed by atoms with Crippen LogP contribution in [0, 0.1) is 0 Å². The molecular formula is C7H9Cl2N3O. The molecule has 1 heterocycles. The van der Waals surface area contributed by atoms with Gasteiger partial charge in [0.2, 0.25) is 0 Å². The van der Waals surface area contributed by atoms with Crippen LogP contribution < -0.4 is 4.90 Å². The third kappa shape index (κ3) is 2.69. The van der Waals surface area contributed by atoms with E-state index in [1.165, 1.54) is 0 Å². The Hall–Kier alpha value is -0.580. The van der Waals surface area contributed by atoms with Crippen molar-refractivity contribution in [2.24, 2.45) is 0 Å². The lowest BCUT2D eigenvalue weighted by atomic mass is 10.4. The molecule has 72 valence electrons. The van der Waals surface area contributed by atoms with Gasteiger partial charge >= 0.3 is 0 Å². The molecule has 0 unspecified atom stereocenters. The highest BCUT2D eigenvalue weighted by molar-refractivity contribution is 6.33. The second-order valence-electron chi connectivity index (χ2n) is 2.49. The first kappa shape index (κ1) is 10.5. The molecule has 13 heavy (non-hydrogen) atoms. The van der Waals surface area contributed by atoms with E-state index in [0.29, 0.717) is 12.2 Å². The van der Waals surface area contributed by atoms with Crippen molar-refractivity contribution in [2.45, 2.75) is 0 Å². The predicted molar refractivity (Wildman–Crippen MR) is 52.4 cm³/mol. The molecule has 4 nitrogen and oxygen atoms in total. The number of likely N-dealkylation sites (N-methyl/N-ethyl adjacent to an activating group) is 1. The van der Waals surface area contributed by atoms with E-state index in [1.807, 2.05) is 0 Å². The number of hydrogen-bond donors (Lipinski definition) is 1. The maximum Gasteiger partial charge on any atom is 0.175 e. The van der Waals surface area contributed by atoms with Gasteiger partial charge in [-0.2, -0.15) is 0 Å². The largest absolute Gasteiger partial charge is 0.395 e. The molecule has 6 heteroatoms. The van der Waals surface area contributed by atoms with Gasteiger partial charge < -0.3 is 10.0 Å². The number of aliphatic hydroxyl groups is 1. The monoisotopic (exact) mass is 221 g/mol. The van der Waals surface area contributed by atoms with Gasteiger partial charge in [0.15, 0.2) is 10.3 Å². The minimum absolute atomic E-state index is 0.0484. The summed E-state index contributed by atoms with van der Waals surface area (Å²) >= 11 is 11.4. The highest BCUT2D eigenvalue weighted by Gasteiger charge is 2.08. The molecule has 0 spiro atoms. The van der Waals surface area contributed by atoms with E-state index < -0.39 is 0 Å². The minimum atomic E-state index is 0.0484. The molecular weight excluding hydrogens is 213 g/mol. The summed E-state index contributed by atoms with van der Waals surface area (Å²) in [6.07, 6.45) is 0. The van der Waals surface area contributed by atoms with Crippen LogP contribution in [-0.4, -0.2) is 35.5 Å². The lowest BCUT2D eigenvalue weighted by Crippen LogP contribution is -2.21. The van der Waals surface area contributed by atoms with Crippen molar-refractivity contribution in [1.29, 1.82) is 0 Å². The molecule has 0 fully saturated rings. The van der Waals surface area contributed by atoms with Crippen LogP contribution in [0.25, 0.3) is 0 Å². The fraction of sp³-hybridized carbons (Fsp3) is 0.429. The first-order chi connectivity index (χ1) is 6.15. The predicted octanol–water partition coefficient (Wildman–Crippen LogP) is 1.21. The van der Waals surface area contributed by atoms with Gasteiger partial charge in [-0.1, -0.05) is 23.2 Å². The zero-order chi connectivity index (χ0) is 9.84. The Morgan fingerprint density at radius 3 is 2.77 bits per heavy atom. The van der Waals surface area contributed by atoms with Gasteiger partial charge in [0.1, 0.15) is 0 Å². The first-order valence-corrected chi connectivity index (χ1v) is 4.41. The van der Waals surface area contributed by atoms with Gasteiger partial charge in [0.05, 0.1) is 12.3 Å². The molecule has 0 aliphatic rings. The van der Waals surface area contributed by atoms with Crippen molar-refractivity contribution in [3.8, 4) is 0 Å². The Kier molecular flexibility index (Phi) is 3.71. The van der Waals surface area contributed by atoms with Crippen LogP contribution in [0.1, 0.15) is 0 Å². The molecule has 0 radical (unpaired) electrons. The molecule has 0 saturated heterocycles. The van der Waals surface area contributed by atoms with Crippen molar-refractivity contribution < 1.29 is 5.11 Å². The second-order valence-corrected chi connectivity index (χ2v) is 3.23. The van der Waals surface area contributed by atoms with Crippen molar-refractivity contribution in [2.75, 3.05) is 25.1 Å². The van der Waals surface area contributed by atoms with Crippen molar-refractivity contribution in [1.82, 2.24) is 10.2 Å². The Balaban J connectivity index is 2.91. The van der Waals surface area contributed by atoms with E-state index in [0.717, 1.165) is 0 Å². The molecule has 0 bridgehead atoms. The summed E-state index contributed by atoms with van der Waals surface area (Å²) in [5.41, 5.74) is 0.663. The quantitative estimate of drug-likeness (QED) is 0.835. The van der Waals surface area contributed by atoms with E-state index in [-0.39, 0.29) is 16.9 Å². The number of aliphatic hydroxyl groups excluding tert-OH is 1. The topological polar surface area (TPSA) is 49.2 Å². The zero-order valence-electron chi connectivity index (χ0n) is 7.04. The van der Waals surface area contributed by atoms with Crippen LogP contribution in [0.2, 0.25) is 10.3 Å². The molecule has 1 N–H and O–H groups in total. The summed E-state index contributed by atoms with van der Waals surface area (Å²) in [6, 6.07) is 1.60. The average molecular weight is 222 g/mol. The van der Waals surface area contributed by atoms with Crippen molar-refractivity contribution in [3.63, 3.8) is 0 Å². The highest BCUT2D eigenvalue weighted by atomic mass is 35.5. The van der Waals surface area contributed by atoms with Crippen LogP contribution in [-0.2, 0) is 0 Å². The summed E-state index contributed by atoms with van der Waals surface area (Å²) in [5.74, 6) is 0. The third-order valence-corrected chi connectivity index (χ3v) is 2.00. The molecule has 0 atom stereocenters. The Morgan fingerprint density at radius 1 is 1.46 bits per heavy atom. The van der Waals surface area contributed by atoms with Gasteiger partial charge in [-0.15, -0.1) is 10.2 Å². The lowest BCUT2D eigenvalue weighted by molar-refractivity contribution is 0.304. The van der Waals surface area contributed by atoms with Gasteiger partial charge in [-0.25, -0.2) is 0 Å². The van der Waals surface area contributed by atoms with Crippen LogP contribution in [0.4, 0.5) is 5.69 Å². The maximum absolute atomic E-state index is 8.70. The molecule has 0 saturated carbocycles. The van der Waals surface area contributed by atoms with Crippen LogP contribution in [0.3, 0.4) is 0 Å². The smallest absolute Gasteiger partial charge is 0.175 e. The van der Waals surface area contributed by atoms with Crippen molar-refractivity contribution in [3.05, 3.63) is 16.4 Å². The van der Waals surface area contributed by atoms with E-state index in [9.17, 15) is 0 Å². The normalized spacial score (nSPS) is 10.2. The fourth-order valence-corrected chi connectivity index (χ4v) is 1.26. The van der Waals surface area contributed by atoms with Gasteiger partial charge in [-0.05, 0) is 0 Å². The Morgan fingerprint density at radius 2 is 2.15 bits per heavy atom. The number of rotatable bonds is 3. The molecule has 1 rings (SSSR count). The molecule has 1 aromatic heterocycles. The second kappa shape index (κ2) is 4.60. The van der Waals surface area contributed by atoms with Gasteiger partial charge in [-0.3, -0.25) is 0 Å². The Bertz CT molecular complexity index is 295. The molecule has 0 amide bonds. The number of nitrogens with zero attached hydrogens (tertiary/aromatic N) is 3. The SMILES string of the molecule is CN(CCO)c1cc(Cl)nnc1Cl. The molecule has 0 aromatic carbocycles. The van der Waals surface area contributed by atoms with Gasteiger partial charge in [0, 0.05) is 19.7 Å². The van der Waals surface area contributed by atoms with Crippen molar-refractivity contribution >= 4 is 28.9 Å². The summed E-state index contributed by atoms with van der Waals surface area (Å²) in [4.78, 5) is 1.75. The highest BCUT2D eigenvalue weighted by Crippen LogP contribution is 2.23. The average Bonchev–Trinajstić information content (AvgIpc) is 2.09. The molecule has 1 aromatic rings. The minimum Gasteiger partial charge on any atom is -0.395 e. The fourth-order valence-electron chi connectivity index (χ4n) is 0.882. The van der Waals surface area contributed by atoms with E-state index >= 15 is 0 Å². The van der Waals surface area contributed by atoms with E-state index in [2.05, 4.69) is 10.2 Å². The Labute approximate surface area is 86.1 Å². The van der Waals surface area contributed by atoms with E-state index in [4.69, 9.17) is 28.3 Å². The standard InChI is InChI=1S/C7H9Cl2N3O/c1-12(2-3-13)5-4-6(8)10-11-7(5)9/h4,13H,2-3H2,1H3. The summed E-state index contributed by atoms with van der Waals surface area (Å²) in [6.45, 7) is 0.522. The van der Waals surface area contributed by atoms with Crippen LogP contribution in [0.15, 0.2) is 6.07 Å².